The molecule has 8 heteroatoms. The molecule has 0 spiro atoms. The highest BCUT2D eigenvalue weighted by Crippen LogP contribution is 2.21. The topological polar surface area (TPSA) is 94.3 Å². The Hall–Kier alpha value is -2.71. The molecule has 0 atom stereocenters. The summed E-state index contributed by atoms with van der Waals surface area (Å²) in [5, 5.41) is 3.93. The van der Waals surface area contributed by atoms with Crippen molar-refractivity contribution >= 4 is 10.0 Å². The molecule has 0 aliphatic heterocycles. The molecule has 0 bridgehead atoms. The first-order valence-electron chi connectivity index (χ1n) is 8.54. The monoisotopic (exact) mass is 387 g/mol. The van der Waals surface area contributed by atoms with Crippen molar-refractivity contribution in [3.63, 3.8) is 0 Å². The van der Waals surface area contributed by atoms with Crippen molar-refractivity contribution in [1.29, 1.82) is 0 Å². The molecule has 142 valence electrons. The summed E-state index contributed by atoms with van der Waals surface area (Å²) in [4.78, 5) is 4.30. The third-order valence-corrected chi connectivity index (χ3v) is 5.34. The van der Waals surface area contributed by atoms with E-state index in [0.29, 0.717) is 30.3 Å². The number of hydrogen-bond acceptors (Lipinski definition) is 6. The zero-order valence-corrected chi connectivity index (χ0v) is 15.8. The summed E-state index contributed by atoms with van der Waals surface area (Å²) in [5.74, 6) is 1.55. The van der Waals surface area contributed by atoms with Crippen LogP contribution in [0.15, 0.2) is 59.1 Å². The number of aromatic nitrogens is 2. The molecule has 0 unspecified atom stereocenters. The van der Waals surface area contributed by atoms with Crippen LogP contribution in [0.25, 0.3) is 11.4 Å². The number of benzene rings is 2. The molecular weight excluding hydrogens is 366 g/mol. The van der Waals surface area contributed by atoms with Gasteiger partial charge in [-0.15, -0.1) is 0 Å². The molecule has 1 N–H and O–H groups in total. The zero-order chi connectivity index (χ0) is 19.1. The standard InChI is InChI=1S/C19H21N3O4S/c1-25-17-9-5-8-16(14-17)19-21-18(26-22-19)10-12-20-27(23,24)13-11-15-6-3-2-4-7-15/h2-9,14,20H,10-13H2,1H3. The summed E-state index contributed by atoms with van der Waals surface area (Å²) in [6, 6.07) is 16.8. The number of rotatable bonds is 9. The maximum atomic E-state index is 12.1. The Kier molecular flexibility index (Phi) is 6.20. The Bertz CT molecular complexity index is 971. The highest BCUT2D eigenvalue weighted by Gasteiger charge is 2.13. The van der Waals surface area contributed by atoms with Crippen LogP contribution in [0.5, 0.6) is 5.75 Å². The molecule has 3 aromatic rings. The van der Waals surface area contributed by atoms with Gasteiger partial charge in [-0.05, 0) is 24.1 Å². The van der Waals surface area contributed by atoms with Gasteiger partial charge in [0.2, 0.25) is 21.7 Å². The van der Waals surface area contributed by atoms with Crippen LogP contribution in [0.3, 0.4) is 0 Å². The summed E-state index contributed by atoms with van der Waals surface area (Å²) < 4.78 is 37.1. The number of sulfonamides is 1. The van der Waals surface area contributed by atoms with Gasteiger partial charge in [-0.1, -0.05) is 47.6 Å². The lowest BCUT2D eigenvalue weighted by Gasteiger charge is -2.05. The maximum absolute atomic E-state index is 12.1. The summed E-state index contributed by atoms with van der Waals surface area (Å²) in [6.45, 7) is 0.205. The van der Waals surface area contributed by atoms with Crippen LogP contribution in [-0.4, -0.2) is 38.0 Å². The number of aryl methyl sites for hydroxylation is 1. The molecule has 0 radical (unpaired) electrons. The molecule has 0 aliphatic carbocycles. The van der Waals surface area contributed by atoms with Crippen molar-refractivity contribution in [3.8, 4) is 17.1 Å². The Morgan fingerprint density at radius 3 is 2.67 bits per heavy atom. The normalized spacial score (nSPS) is 11.4. The van der Waals surface area contributed by atoms with Crippen molar-refractivity contribution in [2.24, 2.45) is 0 Å². The van der Waals surface area contributed by atoms with E-state index in [1.807, 2.05) is 48.5 Å². The Morgan fingerprint density at radius 2 is 1.89 bits per heavy atom. The third kappa shape index (κ3) is 5.63. The summed E-state index contributed by atoms with van der Waals surface area (Å²) >= 11 is 0. The fourth-order valence-electron chi connectivity index (χ4n) is 2.52. The van der Waals surface area contributed by atoms with Crippen molar-refractivity contribution in [2.75, 3.05) is 19.4 Å². The van der Waals surface area contributed by atoms with Crippen LogP contribution in [0.4, 0.5) is 0 Å². The van der Waals surface area contributed by atoms with Gasteiger partial charge >= 0.3 is 0 Å². The number of methoxy groups -OCH3 is 1. The van der Waals surface area contributed by atoms with Gasteiger partial charge in [0.15, 0.2) is 0 Å². The SMILES string of the molecule is COc1cccc(-c2noc(CCNS(=O)(=O)CCc3ccccc3)n2)c1. The van der Waals surface area contributed by atoms with Gasteiger partial charge in [-0.3, -0.25) is 0 Å². The highest BCUT2D eigenvalue weighted by atomic mass is 32.2. The number of hydrogen-bond donors (Lipinski definition) is 1. The van der Waals surface area contributed by atoms with Crippen molar-refractivity contribution < 1.29 is 17.7 Å². The summed E-state index contributed by atoms with van der Waals surface area (Å²) in [6.07, 6.45) is 0.790. The molecule has 2 aromatic carbocycles. The molecule has 1 heterocycles. The maximum Gasteiger partial charge on any atom is 0.228 e. The minimum Gasteiger partial charge on any atom is -0.497 e. The van der Waals surface area contributed by atoms with E-state index in [-0.39, 0.29) is 12.3 Å². The molecule has 0 aliphatic rings. The fraction of sp³-hybridized carbons (Fsp3) is 0.263. The van der Waals surface area contributed by atoms with E-state index in [9.17, 15) is 8.42 Å². The average Bonchev–Trinajstić information content (AvgIpc) is 3.16. The third-order valence-electron chi connectivity index (χ3n) is 3.96. The zero-order valence-electron chi connectivity index (χ0n) is 15.0. The minimum atomic E-state index is -3.36. The number of ether oxygens (including phenoxy) is 1. The van der Waals surface area contributed by atoms with E-state index in [0.717, 1.165) is 11.1 Å². The first-order valence-corrected chi connectivity index (χ1v) is 10.2. The molecule has 0 amide bonds. The predicted octanol–water partition coefficient (Wildman–Crippen LogP) is 2.45. The van der Waals surface area contributed by atoms with Crippen LogP contribution in [0.2, 0.25) is 0 Å². The lowest BCUT2D eigenvalue weighted by atomic mass is 10.2. The van der Waals surface area contributed by atoms with E-state index in [4.69, 9.17) is 9.26 Å². The molecule has 0 fully saturated rings. The van der Waals surface area contributed by atoms with E-state index < -0.39 is 10.0 Å². The van der Waals surface area contributed by atoms with Crippen molar-refractivity contribution in [3.05, 3.63) is 66.1 Å². The quantitative estimate of drug-likeness (QED) is 0.606. The largest absolute Gasteiger partial charge is 0.497 e. The molecule has 1 aromatic heterocycles. The Labute approximate surface area is 158 Å². The molecule has 3 rings (SSSR count). The van der Waals surface area contributed by atoms with E-state index in [1.54, 1.807) is 13.2 Å². The van der Waals surface area contributed by atoms with Gasteiger partial charge in [0.25, 0.3) is 0 Å². The van der Waals surface area contributed by atoms with E-state index >= 15 is 0 Å². The molecule has 0 saturated carbocycles. The van der Waals surface area contributed by atoms with Gasteiger partial charge in [0, 0.05) is 18.5 Å². The first-order chi connectivity index (χ1) is 13.1. The summed E-state index contributed by atoms with van der Waals surface area (Å²) in [5.41, 5.74) is 1.76. The van der Waals surface area contributed by atoms with Gasteiger partial charge in [-0.2, -0.15) is 4.98 Å². The van der Waals surface area contributed by atoms with Crippen LogP contribution in [-0.2, 0) is 22.9 Å². The van der Waals surface area contributed by atoms with Crippen LogP contribution in [0, 0.1) is 0 Å². The van der Waals surface area contributed by atoms with Gasteiger partial charge < -0.3 is 9.26 Å². The average molecular weight is 387 g/mol. The van der Waals surface area contributed by atoms with Crippen LogP contribution >= 0.6 is 0 Å². The molecule has 7 nitrogen and oxygen atoms in total. The lowest BCUT2D eigenvalue weighted by Crippen LogP contribution is -2.29. The van der Waals surface area contributed by atoms with E-state index in [2.05, 4.69) is 14.9 Å². The van der Waals surface area contributed by atoms with Gasteiger partial charge in [0.1, 0.15) is 5.75 Å². The van der Waals surface area contributed by atoms with Gasteiger partial charge in [-0.25, -0.2) is 13.1 Å². The highest BCUT2D eigenvalue weighted by molar-refractivity contribution is 7.89. The Morgan fingerprint density at radius 1 is 1.07 bits per heavy atom. The number of nitrogens with zero attached hydrogens (tertiary/aromatic N) is 2. The van der Waals surface area contributed by atoms with Crippen molar-refractivity contribution in [2.45, 2.75) is 12.8 Å². The van der Waals surface area contributed by atoms with Gasteiger partial charge in [0.05, 0.1) is 12.9 Å². The smallest absolute Gasteiger partial charge is 0.228 e. The second-order valence-corrected chi connectivity index (χ2v) is 7.87. The fourth-order valence-corrected chi connectivity index (χ4v) is 3.58. The second kappa shape index (κ2) is 8.79. The Balaban J connectivity index is 1.51. The molecule has 0 saturated heterocycles. The number of nitrogens with one attached hydrogen (secondary N) is 1. The van der Waals surface area contributed by atoms with Crippen LogP contribution in [0.1, 0.15) is 11.5 Å². The first kappa shape index (κ1) is 19.1. The van der Waals surface area contributed by atoms with Crippen molar-refractivity contribution in [1.82, 2.24) is 14.9 Å². The van der Waals surface area contributed by atoms with E-state index in [1.165, 1.54) is 0 Å². The molecule has 27 heavy (non-hydrogen) atoms. The molecular formula is C19H21N3O4S. The second-order valence-electron chi connectivity index (χ2n) is 5.94. The minimum absolute atomic E-state index is 0.0376. The summed E-state index contributed by atoms with van der Waals surface area (Å²) in [7, 11) is -1.77. The van der Waals surface area contributed by atoms with Crippen LogP contribution < -0.4 is 9.46 Å². The predicted molar refractivity (Wildman–Crippen MR) is 102 cm³/mol. The lowest BCUT2D eigenvalue weighted by molar-refractivity contribution is 0.379.